The van der Waals surface area contributed by atoms with Crippen LogP contribution < -0.4 is 5.32 Å². The Bertz CT molecular complexity index is 249. The number of carbonyl (C=O) groups excluding carboxylic acids is 1. The second kappa shape index (κ2) is 6.06. The van der Waals surface area contributed by atoms with Crippen LogP contribution in [0.25, 0.3) is 0 Å². The summed E-state index contributed by atoms with van der Waals surface area (Å²) in [5.41, 5.74) is 0. The van der Waals surface area contributed by atoms with Gasteiger partial charge in [0.2, 0.25) is 0 Å². The quantitative estimate of drug-likeness (QED) is 0.613. The van der Waals surface area contributed by atoms with Crippen LogP contribution in [-0.2, 0) is 9.59 Å². The summed E-state index contributed by atoms with van der Waals surface area (Å²) in [7, 11) is 0. The van der Waals surface area contributed by atoms with Crippen molar-refractivity contribution in [3.63, 3.8) is 0 Å². The molecule has 0 radical (unpaired) electrons. The average Bonchev–Trinajstić information content (AvgIpc) is 2.04. The van der Waals surface area contributed by atoms with Gasteiger partial charge in [0.15, 0.2) is 0 Å². The van der Waals surface area contributed by atoms with Crippen molar-refractivity contribution in [3.8, 4) is 11.8 Å². The summed E-state index contributed by atoms with van der Waals surface area (Å²) in [5, 5.41) is 11.0. The predicted octanol–water partition coefficient (Wildman–Crippen LogP) is 0.237. The van der Waals surface area contributed by atoms with Gasteiger partial charge in [-0.25, -0.2) is 0 Å². The molecule has 72 valence electrons. The van der Waals surface area contributed by atoms with E-state index in [-0.39, 0.29) is 5.91 Å². The van der Waals surface area contributed by atoms with Crippen LogP contribution in [-0.4, -0.2) is 23.5 Å². The van der Waals surface area contributed by atoms with Crippen molar-refractivity contribution in [1.82, 2.24) is 5.32 Å². The van der Waals surface area contributed by atoms with Crippen molar-refractivity contribution in [3.05, 3.63) is 0 Å². The van der Waals surface area contributed by atoms with Gasteiger partial charge in [-0.1, -0.05) is 12.8 Å². The normalized spacial score (nSPS) is 10.9. The molecular weight excluding hydrogens is 170 g/mol. The molecule has 0 aliphatic heterocycles. The van der Waals surface area contributed by atoms with E-state index in [4.69, 9.17) is 5.11 Å². The first-order chi connectivity index (χ1) is 6.07. The molecule has 0 aromatic rings. The van der Waals surface area contributed by atoms with Crippen LogP contribution in [0.4, 0.5) is 0 Å². The van der Waals surface area contributed by atoms with Crippen molar-refractivity contribution in [2.45, 2.75) is 20.3 Å². The second-order valence-corrected chi connectivity index (χ2v) is 2.66. The molecule has 1 amide bonds. The molecule has 1 unspecified atom stereocenters. The fourth-order valence-corrected chi connectivity index (χ4v) is 0.683. The van der Waals surface area contributed by atoms with Crippen molar-refractivity contribution in [2.75, 3.05) is 6.54 Å². The third-order valence-corrected chi connectivity index (χ3v) is 1.52. The number of nitrogens with one attached hydrogen (secondary N) is 1. The fourth-order valence-electron chi connectivity index (χ4n) is 0.683. The summed E-state index contributed by atoms with van der Waals surface area (Å²) < 4.78 is 0. The number of carboxylic acids is 1. The van der Waals surface area contributed by atoms with Crippen LogP contribution in [0.5, 0.6) is 0 Å². The number of carbonyl (C=O) groups is 2. The Kier molecular flexibility index (Phi) is 5.37. The van der Waals surface area contributed by atoms with E-state index in [9.17, 15) is 9.59 Å². The Morgan fingerprint density at radius 3 is 2.62 bits per heavy atom. The van der Waals surface area contributed by atoms with Gasteiger partial charge in [-0.2, -0.15) is 0 Å². The number of carboxylic acid groups (broad SMARTS) is 1. The maximum atomic E-state index is 10.8. The lowest BCUT2D eigenvalue weighted by molar-refractivity contribution is -0.141. The van der Waals surface area contributed by atoms with Gasteiger partial charge in [-0.3, -0.25) is 9.59 Å². The summed E-state index contributed by atoms with van der Waals surface area (Å²) in [6, 6.07) is 0. The van der Waals surface area contributed by atoms with Crippen LogP contribution in [0.2, 0.25) is 0 Å². The molecule has 0 heterocycles. The highest BCUT2D eigenvalue weighted by molar-refractivity contribution is 5.93. The van der Waals surface area contributed by atoms with E-state index in [1.165, 1.54) is 0 Å². The molecule has 0 saturated carbocycles. The third kappa shape index (κ3) is 5.74. The van der Waals surface area contributed by atoms with E-state index >= 15 is 0 Å². The van der Waals surface area contributed by atoms with Gasteiger partial charge in [0.25, 0.3) is 5.91 Å². The first kappa shape index (κ1) is 11.5. The zero-order valence-corrected chi connectivity index (χ0v) is 7.76. The van der Waals surface area contributed by atoms with Crippen LogP contribution >= 0.6 is 0 Å². The molecule has 0 saturated heterocycles. The van der Waals surface area contributed by atoms with Crippen molar-refractivity contribution in [1.29, 1.82) is 0 Å². The Balaban J connectivity index is 3.60. The first-order valence-electron chi connectivity index (χ1n) is 4.01. The van der Waals surface area contributed by atoms with Crippen LogP contribution in [0, 0.1) is 17.8 Å². The molecule has 0 aliphatic rings. The Morgan fingerprint density at radius 2 is 2.15 bits per heavy atom. The highest BCUT2D eigenvalue weighted by Gasteiger charge is 2.09. The number of rotatable bonds is 4. The summed E-state index contributed by atoms with van der Waals surface area (Å²) >= 11 is 0. The first-order valence-corrected chi connectivity index (χ1v) is 4.01. The Morgan fingerprint density at radius 1 is 1.54 bits per heavy atom. The molecule has 4 heteroatoms. The predicted molar refractivity (Wildman–Crippen MR) is 47.9 cm³/mol. The molecule has 0 aliphatic carbocycles. The van der Waals surface area contributed by atoms with E-state index in [1.807, 2.05) is 0 Å². The van der Waals surface area contributed by atoms with E-state index in [2.05, 4.69) is 17.2 Å². The molecule has 2 N–H and O–H groups in total. The number of aliphatic carboxylic acids is 1. The van der Waals surface area contributed by atoms with Crippen LogP contribution in [0.1, 0.15) is 20.3 Å². The molecule has 13 heavy (non-hydrogen) atoms. The van der Waals surface area contributed by atoms with Gasteiger partial charge < -0.3 is 10.4 Å². The monoisotopic (exact) mass is 183 g/mol. The third-order valence-electron chi connectivity index (χ3n) is 1.52. The summed E-state index contributed by atoms with van der Waals surface area (Å²) in [5.74, 6) is 3.10. The molecule has 0 fully saturated rings. The summed E-state index contributed by atoms with van der Waals surface area (Å²) in [6.07, 6.45) is 0.423. The lowest BCUT2D eigenvalue weighted by Crippen LogP contribution is -2.25. The van der Waals surface area contributed by atoms with E-state index < -0.39 is 11.9 Å². The van der Waals surface area contributed by atoms with E-state index in [1.54, 1.807) is 13.8 Å². The van der Waals surface area contributed by atoms with Crippen LogP contribution in [0.15, 0.2) is 0 Å². The molecule has 0 rings (SSSR count). The number of amides is 1. The average molecular weight is 183 g/mol. The molecule has 0 aromatic heterocycles. The van der Waals surface area contributed by atoms with Gasteiger partial charge in [-0.15, -0.1) is 0 Å². The van der Waals surface area contributed by atoms with Gasteiger partial charge >= 0.3 is 5.97 Å². The van der Waals surface area contributed by atoms with Crippen LogP contribution in [0.3, 0.4) is 0 Å². The summed E-state index contributed by atoms with van der Waals surface area (Å²) in [4.78, 5) is 21.1. The SMILES string of the molecule is CC#CC(=O)NCCC(C)C(=O)O. The van der Waals surface area contributed by atoms with Crippen molar-refractivity contribution in [2.24, 2.45) is 5.92 Å². The largest absolute Gasteiger partial charge is 0.481 e. The lowest BCUT2D eigenvalue weighted by Gasteiger charge is -2.04. The summed E-state index contributed by atoms with van der Waals surface area (Å²) in [6.45, 7) is 3.51. The lowest BCUT2D eigenvalue weighted by atomic mass is 10.1. The zero-order valence-electron chi connectivity index (χ0n) is 7.76. The molecule has 4 nitrogen and oxygen atoms in total. The van der Waals surface area contributed by atoms with Crippen molar-refractivity contribution < 1.29 is 14.7 Å². The van der Waals surface area contributed by atoms with E-state index in [0.717, 1.165) is 0 Å². The van der Waals surface area contributed by atoms with Crippen molar-refractivity contribution >= 4 is 11.9 Å². The van der Waals surface area contributed by atoms with Gasteiger partial charge in [0, 0.05) is 6.54 Å². The highest BCUT2D eigenvalue weighted by Crippen LogP contribution is 1.99. The van der Waals surface area contributed by atoms with Gasteiger partial charge in [0.1, 0.15) is 0 Å². The zero-order chi connectivity index (χ0) is 10.3. The molecule has 1 atom stereocenters. The standard InChI is InChI=1S/C9H13NO3/c1-3-4-8(11)10-6-5-7(2)9(12)13/h7H,5-6H2,1-2H3,(H,10,11)(H,12,13). The Hall–Kier alpha value is -1.50. The smallest absolute Gasteiger partial charge is 0.306 e. The van der Waals surface area contributed by atoms with E-state index in [0.29, 0.717) is 13.0 Å². The number of hydrogen-bond donors (Lipinski definition) is 2. The van der Waals surface area contributed by atoms with Gasteiger partial charge in [-0.05, 0) is 19.3 Å². The molecule has 0 spiro atoms. The minimum Gasteiger partial charge on any atom is -0.481 e. The minimum atomic E-state index is -0.851. The molecular formula is C9H13NO3. The highest BCUT2D eigenvalue weighted by atomic mass is 16.4. The topological polar surface area (TPSA) is 66.4 Å². The number of hydrogen-bond acceptors (Lipinski definition) is 2. The van der Waals surface area contributed by atoms with Gasteiger partial charge in [0.05, 0.1) is 5.92 Å². The molecule has 0 aromatic carbocycles. The fraction of sp³-hybridized carbons (Fsp3) is 0.556. The maximum absolute atomic E-state index is 10.8. The second-order valence-electron chi connectivity index (χ2n) is 2.66. The minimum absolute atomic E-state index is 0.348. The Labute approximate surface area is 77.3 Å². The maximum Gasteiger partial charge on any atom is 0.306 e. The molecule has 0 bridgehead atoms.